The van der Waals surface area contributed by atoms with E-state index in [1.807, 2.05) is 0 Å². The van der Waals surface area contributed by atoms with E-state index in [0.717, 1.165) is 44.9 Å². The highest BCUT2D eigenvalue weighted by Crippen LogP contribution is 2.26. The van der Waals surface area contributed by atoms with Crippen LogP contribution in [-0.2, 0) is 18.5 Å². The molecule has 0 spiro atoms. The molecule has 0 unspecified atom stereocenters. The highest BCUT2D eigenvalue weighted by molar-refractivity contribution is 5.28. The Morgan fingerprint density at radius 1 is 1.06 bits per heavy atom. The largest absolute Gasteiger partial charge is 0.392 e. The summed E-state index contributed by atoms with van der Waals surface area (Å²) in [7, 11) is 0. The predicted molar refractivity (Wildman–Crippen MR) is 131 cm³/mol. The van der Waals surface area contributed by atoms with Gasteiger partial charge in [0.25, 0.3) is 0 Å². The van der Waals surface area contributed by atoms with Gasteiger partial charge in [-0.15, -0.1) is 0 Å². The molecule has 0 bridgehead atoms. The molecule has 3 rings (SSSR count). The summed E-state index contributed by atoms with van der Waals surface area (Å²) in [5.74, 6) is 0.788. The number of rotatable bonds is 10. The molecule has 1 atom stereocenters. The molecule has 1 fully saturated rings. The number of aliphatic hydroxyl groups excluding tert-OH is 1. The Labute approximate surface area is 190 Å². The average Bonchev–Trinajstić information content (AvgIpc) is 3.15. The fraction of sp³-hybridized carbons (Fsp3) is 0.643. The van der Waals surface area contributed by atoms with Gasteiger partial charge in [0.1, 0.15) is 0 Å². The molecule has 1 aromatic heterocycles. The second kappa shape index (κ2) is 11.3. The molecule has 2 aromatic rings. The molecule has 3 heteroatoms. The van der Waals surface area contributed by atoms with E-state index in [4.69, 9.17) is 0 Å². The Hall–Kier alpha value is -1.58. The quantitative estimate of drug-likeness (QED) is 0.479. The van der Waals surface area contributed by atoms with Crippen LogP contribution in [0.15, 0.2) is 42.6 Å². The minimum atomic E-state index is -0.220. The van der Waals surface area contributed by atoms with Gasteiger partial charge in [-0.25, -0.2) is 0 Å². The van der Waals surface area contributed by atoms with Crippen molar-refractivity contribution in [1.82, 2.24) is 9.47 Å². The lowest BCUT2D eigenvalue weighted by Gasteiger charge is -2.31. The molecular formula is C28H44N2O. The Bertz CT molecular complexity index is 765. The minimum Gasteiger partial charge on any atom is -0.392 e. The first-order valence-corrected chi connectivity index (χ1v) is 12.5. The lowest BCUT2D eigenvalue weighted by molar-refractivity contribution is 0.0853. The molecule has 0 radical (unpaired) electrons. The standard InChI is InChI=1S/C28H44N2O/c1-5-10-27(31)22-29(19-23-11-7-6-8-12-23)21-26-13-9-18-30(26)20-24-14-16-25(17-15-24)28(2,3)4/h9,13-18,23,27,31H,5-8,10-12,19-22H2,1-4H3/t27-/m1/s1. The summed E-state index contributed by atoms with van der Waals surface area (Å²) < 4.78 is 2.38. The Morgan fingerprint density at radius 3 is 2.42 bits per heavy atom. The van der Waals surface area contributed by atoms with Crippen LogP contribution in [0.3, 0.4) is 0 Å². The van der Waals surface area contributed by atoms with Crippen LogP contribution in [0.1, 0.15) is 89.5 Å². The molecule has 1 saturated carbocycles. The SMILES string of the molecule is CCC[C@@H](O)CN(Cc1cccn1Cc1ccc(C(C)(C)C)cc1)CC1CCCCC1. The fourth-order valence-corrected chi connectivity index (χ4v) is 4.94. The molecule has 3 nitrogen and oxygen atoms in total. The van der Waals surface area contributed by atoms with Crippen LogP contribution >= 0.6 is 0 Å². The van der Waals surface area contributed by atoms with Gasteiger partial charge in [0.05, 0.1) is 6.10 Å². The number of aliphatic hydroxyl groups is 1. The number of benzene rings is 1. The summed E-state index contributed by atoms with van der Waals surface area (Å²) >= 11 is 0. The molecular weight excluding hydrogens is 380 g/mol. The van der Waals surface area contributed by atoms with Gasteiger partial charge in [0.15, 0.2) is 0 Å². The van der Waals surface area contributed by atoms with Gasteiger partial charge >= 0.3 is 0 Å². The third-order valence-electron chi connectivity index (χ3n) is 6.81. The van der Waals surface area contributed by atoms with Crippen molar-refractivity contribution in [2.75, 3.05) is 13.1 Å². The summed E-state index contributed by atoms with van der Waals surface area (Å²) in [6.45, 7) is 12.7. The van der Waals surface area contributed by atoms with Gasteiger partial charge in [0.2, 0.25) is 0 Å². The zero-order valence-corrected chi connectivity index (χ0v) is 20.3. The van der Waals surface area contributed by atoms with Crippen LogP contribution in [0, 0.1) is 5.92 Å². The molecule has 1 aliphatic carbocycles. The maximum absolute atomic E-state index is 10.5. The first-order valence-electron chi connectivity index (χ1n) is 12.5. The molecule has 1 heterocycles. The number of hydrogen-bond acceptors (Lipinski definition) is 2. The maximum atomic E-state index is 10.5. The van der Waals surface area contributed by atoms with Crippen molar-refractivity contribution in [3.8, 4) is 0 Å². The zero-order valence-electron chi connectivity index (χ0n) is 20.3. The highest BCUT2D eigenvalue weighted by Gasteiger charge is 2.20. The van der Waals surface area contributed by atoms with E-state index < -0.39 is 0 Å². The number of hydrogen-bond donors (Lipinski definition) is 1. The van der Waals surface area contributed by atoms with Crippen LogP contribution in [0.25, 0.3) is 0 Å². The lowest BCUT2D eigenvalue weighted by atomic mass is 9.87. The van der Waals surface area contributed by atoms with Gasteiger partial charge in [-0.1, -0.05) is 77.6 Å². The van der Waals surface area contributed by atoms with Gasteiger partial charge in [-0.05, 0) is 53.9 Å². The maximum Gasteiger partial charge on any atom is 0.0667 e. The van der Waals surface area contributed by atoms with Crippen LogP contribution in [-0.4, -0.2) is 33.8 Å². The molecule has 1 N–H and O–H groups in total. The lowest BCUT2D eigenvalue weighted by Crippen LogP contribution is -2.36. The topological polar surface area (TPSA) is 28.4 Å². The van der Waals surface area contributed by atoms with E-state index in [0.29, 0.717) is 0 Å². The molecule has 0 amide bonds. The summed E-state index contributed by atoms with van der Waals surface area (Å²) in [6, 6.07) is 13.5. The minimum absolute atomic E-state index is 0.191. The first kappa shape index (κ1) is 24.1. The number of aromatic nitrogens is 1. The van der Waals surface area contributed by atoms with Crippen LogP contribution in [0.4, 0.5) is 0 Å². The van der Waals surface area contributed by atoms with Crippen molar-refractivity contribution in [3.05, 3.63) is 59.4 Å². The summed E-state index contributed by atoms with van der Waals surface area (Å²) in [6.07, 6.45) is 10.8. The monoisotopic (exact) mass is 424 g/mol. The van der Waals surface area contributed by atoms with Gasteiger partial charge < -0.3 is 9.67 Å². The molecule has 172 valence electrons. The molecule has 0 saturated heterocycles. The third-order valence-corrected chi connectivity index (χ3v) is 6.81. The number of nitrogens with zero attached hydrogens (tertiary/aromatic N) is 2. The van der Waals surface area contributed by atoms with Gasteiger partial charge in [-0.3, -0.25) is 4.90 Å². The van der Waals surface area contributed by atoms with E-state index in [2.05, 4.69) is 79.8 Å². The first-order chi connectivity index (χ1) is 14.8. The highest BCUT2D eigenvalue weighted by atomic mass is 16.3. The second-order valence-electron chi connectivity index (χ2n) is 10.7. The molecule has 0 aliphatic heterocycles. The molecule has 1 aliphatic rings. The van der Waals surface area contributed by atoms with E-state index in [9.17, 15) is 5.11 Å². The third kappa shape index (κ3) is 7.50. The van der Waals surface area contributed by atoms with Gasteiger partial charge in [0, 0.05) is 38.1 Å². The average molecular weight is 425 g/mol. The van der Waals surface area contributed by atoms with E-state index in [1.54, 1.807) is 0 Å². The predicted octanol–water partition coefficient (Wildman–Crippen LogP) is 6.38. The molecule has 31 heavy (non-hydrogen) atoms. The van der Waals surface area contributed by atoms with Crippen LogP contribution < -0.4 is 0 Å². The van der Waals surface area contributed by atoms with Crippen molar-refractivity contribution < 1.29 is 5.11 Å². The van der Waals surface area contributed by atoms with Crippen molar-refractivity contribution in [3.63, 3.8) is 0 Å². The van der Waals surface area contributed by atoms with E-state index >= 15 is 0 Å². The second-order valence-corrected chi connectivity index (χ2v) is 10.7. The summed E-state index contributed by atoms with van der Waals surface area (Å²) in [5.41, 5.74) is 4.26. The van der Waals surface area contributed by atoms with E-state index in [-0.39, 0.29) is 11.5 Å². The van der Waals surface area contributed by atoms with Crippen molar-refractivity contribution in [2.45, 2.75) is 97.2 Å². The molecule has 1 aromatic carbocycles. The van der Waals surface area contributed by atoms with Crippen molar-refractivity contribution in [1.29, 1.82) is 0 Å². The zero-order chi connectivity index (χ0) is 22.3. The van der Waals surface area contributed by atoms with Crippen LogP contribution in [0.5, 0.6) is 0 Å². The van der Waals surface area contributed by atoms with Crippen molar-refractivity contribution in [2.24, 2.45) is 5.92 Å². The Kier molecular flexibility index (Phi) is 8.80. The summed E-state index contributed by atoms with van der Waals surface area (Å²) in [4.78, 5) is 2.52. The summed E-state index contributed by atoms with van der Waals surface area (Å²) in [5, 5.41) is 10.5. The smallest absolute Gasteiger partial charge is 0.0667 e. The van der Waals surface area contributed by atoms with Gasteiger partial charge in [-0.2, -0.15) is 0 Å². The Balaban J connectivity index is 1.67. The normalized spacial score (nSPS) is 16.7. The Morgan fingerprint density at radius 2 is 1.77 bits per heavy atom. The van der Waals surface area contributed by atoms with E-state index in [1.165, 1.54) is 48.9 Å². The van der Waals surface area contributed by atoms with Crippen molar-refractivity contribution >= 4 is 0 Å². The fourth-order valence-electron chi connectivity index (χ4n) is 4.94. The van der Waals surface area contributed by atoms with Crippen LogP contribution in [0.2, 0.25) is 0 Å².